The van der Waals surface area contributed by atoms with Gasteiger partial charge in [0.05, 0.1) is 11.2 Å². The molecule has 132 valence electrons. The van der Waals surface area contributed by atoms with Crippen LogP contribution in [0.15, 0.2) is 18.2 Å². The van der Waals surface area contributed by atoms with Gasteiger partial charge in [0.1, 0.15) is 0 Å². The van der Waals surface area contributed by atoms with Crippen LogP contribution in [0.25, 0.3) is 0 Å². The van der Waals surface area contributed by atoms with Crippen molar-refractivity contribution >= 4 is 12.6 Å². The third-order valence-corrected chi connectivity index (χ3v) is 5.89. The molecule has 2 aliphatic heterocycles. The summed E-state index contributed by atoms with van der Waals surface area (Å²) in [6.45, 7) is 16.2. The molecule has 2 heterocycles. The SMILES string of the molecule is Cc1ccc(B2OC(C)(C)C(C)(C)O2)cc1CN1CCN(C)CC1. The van der Waals surface area contributed by atoms with E-state index in [1.165, 1.54) is 11.1 Å². The second-order valence-corrected chi connectivity index (χ2v) is 8.35. The van der Waals surface area contributed by atoms with Crippen molar-refractivity contribution in [2.75, 3.05) is 33.2 Å². The standard InChI is InChI=1S/C19H31BN2O2/c1-15-7-8-17(20-23-18(2,3)19(4,5)24-20)13-16(15)14-22-11-9-21(6)10-12-22/h7-8,13H,9-12,14H2,1-6H3. The van der Waals surface area contributed by atoms with Crippen molar-refractivity contribution in [3.05, 3.63) is 29.3 Å². The predicted octanol–water partition coefficient (Wildman–Crippen LogP) is 2.04. The largest absolute Gasteiger partial charge is 0.494 e. The van der Waals surface area contributed by atoms with Gasteiger partial charge in [0.25, 0.3) is 0 Å². The molecule has 4 nitrogen and oxygen atoms in total. The molecule has 2 aliphatic rings. The van der Waals surface area contributed by atoms with Gasteiger partial charge in [0, 0.05) is 32.7 Å². The highest BCUT2D eigenvalue weighted by Crippen LogP contribution is 2.36. The van der Waals surface area contributed by atoms with Crippen LogP contribution in [0.1, 0.15) is 38.8 Å². The first kappa shape index (κ1) is 17.9. The summed E-state index contributed by atoms with van der Waals surface area (Å²) in [6.07, 6.45) is 0. The Bertz CT molecular complexity index is 579. The van der Waals surface area contributed by atoms with Gasteiger partial charge in [-0.2, -0.15) is 0 Å². The molecule has 0 atom stereocenters. The molecule has 0 radical (unpaired) electrons. The quantitative estimate of drug-likeness (QED) is 0.792. The lowest BCUT2D eigenvalue weighted by molar-refractivity contribution is 0.00578. The second-order valence-electron chi connectivity index (χ2n) is 8.35. The van der Waals surface area contributed by atoms with Crippen molar-refractivity contribution in [3.63, 3.8) is 0 Å². The van der Waals surface area contributed by atoms with Crippen molar-refractivity contribution < 1.29 is 9.31 Å². The molecule has 5 heteroatoms. The third kappa shape index (κ3) is 3.55. The lowest BCUT2D eigenvalue weighted by Crippen LogP contribution is -2.44. The van der Waals surface area contributed by atoms with E-state index in [4.69, 9.17) is 9.31 Å². The molecule has 3 rings (SSSR count). The Morgan fingerprint density at radius 3 is 2.17 bits per heavy atom. The lowest BCUT2D eigenvalue weighted by atomic mass is 9.77. The Balaban J connectivity index is 1.75. The van der Waals surface area contributed by atoms with Crippen LogP contribution in [0.3, 0.4) is 0 Å². The van der Waals surface area contributed by atoms with Crippen molar-refractivity contribution in [3.8, 4) is 0 Å². The maximum absolute atomic E-state index is 6.21. The van der Waals surface area contributed by atoms with E-state index < -0.39 is 0 Å². The zero-order valence-electron chi connectivity index (χ0n) is 16.1. The van der Waals surface area contributed by atoms with Gasteiger partial charge in [-0.05, 0) is 58.3 Å². The highest BCUT2D eigenvalue weighted by molar-refractivity contribution is 6.62. The fourth-order valence-corrected chi connectivity index (χ4v) is 3.23. The van der Waals surface area contributed by atoms with Gasteiger partial charge in [-0.25, -0.2) is 0 Å². The minimum absolute atomic E-state index is 0.276. The van der Waals surface area contributed by atoms with Gasteiger partial charge >= 0.3 is 7.12 Å². The van der Waals surface area contributed by atoms with Gasteiger partial charge in [0.2, 0.25) is 0 Å². The number of hydrogen-bond acceptors (Lipinski definition) is 4. The van der Waals surface area contributed by atoms with E-state index in [1.54, 1.807) is 0 Å². The maximum Gasteiger partial charge on any atom is 0.494 e. The molecule has 1 aromatic rings. The molecule has 0 spiro atoms. The zero-order valence-corrected chi connectivity index (χ0v) is 16.1. The minimum atomic E-state index is -0.291. The van der Waals surface area contributed by atoms with Crippen molar-refractivity contribution in [2.24, 2.45) is 0 Å². The predicted molar refractivity (Wildman–Crippen MR) is 99.7 cm³/mol. The topological polar surface area (TPSA) is 24.9 Å². The van der Waals surface area contributed by atoms with Crippen LogP contribution in [-0.2, 0) is 15.9 Å². The minimum Gasteiger partial charge on any atom is -0.399 e. The van der Waals surface area contributed by atoms with Gasteiger partial charge in [0.15, 0.2) is 0 Å². The van der Waals surface area contributed by atoms with Crippen molar-refractivity contribution in [1.29, 1.82) is 0 Å². The van der Waals surface area contributed by atoms with Gasteiger partial charge < -0.3 is 14.2 Å². The maximum atomic E-state index is 6.21. The van der Waals surface area contributed by atoms with Crippen LogP contribution >= 0.6 is 0 Å². The average Bonchev–Trinajstić information content (AvgIpc) is 2.72. The van der Waals surface area contributed by atoms with E-state index in [0.717, 1.165) is 38.2 Å². The Labute approximate surface area is 147 Å². The van der Waals surface area contributed by atoms with Gasteiger partial charge in [-0.15, -0.1) is 0 Å². The summed E-state index contributed by atoms with van der Waals surface area (Å²) >= 11 is 0. The Morgan fingerprint density at radius 2 is 1.58 bits per heavy atom. The number of likely N-dealkylation sites (N-methyl/N-ethyl adjacent to an activating group) is 1. The lowest BCUT2D eigenvalue weighted by Gasteiger charge is -2.32. The summed E-state index contributed by atoms with van der Waals surface area (Å²) < 4.78 is 12.4. The summed E-state index contributed by atoms with van der Waals surface area (Å²) in [5.41, 5.74) is 3.27. The number of aryl methyl sites for hydroxylation is 1. The van der Waals surface area contributed by atoms with E-state index >= 15 is 0 Å². The first-order chi connectivity index (χ1) is 11.2. The Morgan fingerprint density at radius 1 is 1.00 bits per heavy atom. The molecule has 0 bridgehead atoms. The molecule has 1 aromatic carbocycles. The second kappa shape index (κ2) is 6.45. The molecule has 24 heavy (non-hydrogen) atoms. The molecule has 0 aliphatic carbocycles. The van der Waals surface area contributed by atoms with Crippen LogP contribution in [0.2, 0.25) is 0 Å². The van der Waals surface area contributed by atoms with E-state index in [9.17, 15) is 0 Å². The smallest absolute Gasteiger partial charge is 0.399 e. The molecular formula is C19H31BN2O2. The molecular weight excluding hydrogens is 299 g/mol. The first-order valence-corrected chi connectivity index (χ1v) is 9.04. The molecule has 2 fully saturated rings. The molecule has 0 unspecified atom stereocenters. The normalized spacial score (nSPS) is 24.5. The average molecular weight is 330 g/mol. The van der Waals surface area contributed by atoms with Gasteiger partial charge in [-0.3, -0.25) is 4.90 Å². The number of piperazine rings is 1. The van der Waals surface area contributed by atoms with Crippen LogP contribution in [0, 0.1) is 6.92 Å². The Kier molecular flexibility index (Phi) is 4.82. The molecule has 0 amide bonds. The highest BCUT2D eigenvalue weighted by Gasteiger charge is 2.51. The van der Waals surface area contributed by atoms with Crippen LogP contribution in [0.4, 0.5) is 0 Å². The number of hydrogen-bond donors (Lipinski definition) is 0. The van der Waals surface area contributed by atoms with E-state index in [1.807, 2.05) is 0 Å². The third-order valence-electron chi connectivity index (χ3n) is 5.89. The first-order valence-electron chi connectivity index (χ1n) is 9.04. The van der Waals surface area contributed by atoms with Crippen LogP contribution in [-0.4, -0.2) is 61.3 Å². The van der Waals surface area contributed by atoms with E-state index in [-0.39, 0.29) is 18.3 Å². The number of rotatable bonds is 3. The fraction of sp³-hybridized carbons (Fsp3) is 0.684. The molecule has 0 aromatic heterocycles. The summed E-state index contributed by atoms with van der Waals surface area (Å²) in [5.74, 6) is 0. The highest BCUT2D eigenvalue weighted by atomic mass is 16.7. The monoisotopic (exact) mass is 330 g/mol. The van der Waals surface area contributed by atoms with Crippen LogP contribution in [0.5, 0.6) is 0 Å². The Hall–Kier alpha value is -0.875. The van der Waals surface area contributed by atoms with Gasteiger partial charge in [-0.1, -0.05) is 18.2 Å². The molecule has 0 saturated carbocycles. The van der Waals surface area contributed by atoms with E-state index in [0.29, 0.717) is 0 Å². The number of nitrogens with zero attached hydrogens (tertiary/aromatic N) is 2. The zero-order chi connectivity index (χ0) is 17.5. The van der Waals surface area contributed by atoms with Crippen molar-refractivity contribution in [2.45, 2.75) is 52.4 Å². The van der Waals surface area contributed by atoms with Crippen LogP contribution < -0.4 is 5.46 Å². The summed E-state index contributed by atoms with van der Waals surface area (Å²) in [7, 11) is 1.92. The fourth-order valence-electron chi connectivity index (χ4n) is 3.23. The van der Waals surface area contributed by atoms with Crippen molar-refractivity contribution in [1.82, 2.24) is 9.80 Å². The number of benzene rings is 1. The summed E-state index contributed by atoms with van der Waals surface area (Å²) in [4.78, 5) is 4.93. The molecule has 0 N–H and O–H groups in total. The summed E-state index contributed by atoms with van der Waals surface area (Å²) in [6, 6.07) is 6.62. The summed E-state index contributed by atoms with van der Waals surface area (Å²) in [5, 5.41) is 0. The molecule has 2 saturated heterocycles. The van der Waals surface area contributed by atoms with E-state index in [2.05, 4.69) is 69.7 Å².